The van der Waals surface area contributed by atoms with Crippen LogP contribution < -0.4 is 10.9 Å². The molecule has 0 radical (unpaired) electrons. The van der Waals surface area contributed by atoms with E-state index in [4.69, 9.17) is 9.47 Å². The second kappa shape index (κ2) is 8.89. The van der Waals surface area contributed by atoms with Crippen LogP contribution in [0.5, 0.6) is 0 Å². The Morgan fingerprint density at radius 1 is 1.12 bits per heavy atom. The van der Waals surface area contributed by atoms with Crippen LogP contribution in [0.3, 0.4) is 0 Å². The second-order valence-electron chi connectivity index (χ2n) is 6.02. The van der Waals surface area contributed by atoms with Crippen molar-refractivity contribution in [3.05, 3.63) is 16.6 Å². The zero-order valence-corrected chi connectivity index (χ0v) is 15.7. The van der Waals surface area contributed by atoms with Crippen LogP contribution in [0, 0.1) is 6.92 Å². The molecule has 0 saturated heterocycles. The fourth-order valence-corrected chi connectivity index (χ4v) is 2.96. The van der Waals surface area contributed by atoms with Crippen LogP contribution in [-0.4, -0.2) is 27.1 Å². The number of ether oxygens (including phenoxy) is 2. The number of nitrogens with one attached hydrogen (secondary N) is 2. The first-order valence-corrected chi connectivity index (χ1v) is 9.49. The first-order valence-electron chi connectivity index (χ1n) is 8.67. The number of unbranched alkanes of at least 4 members (excludes halogenated alkanes) is 1. The van der Waals surface area contributed by atoms with Gasteiger partial charge in [0.25, 0.3) is 5.79 Å². The molecule has 0 unspecified atom stereocenters. The Bertz CT molecular complexity index is 609. The molecule has 1 fully saturated rings. The highest BCUT2D eigenvalue weighted by molar-refractivity contribution is 7.15. The van der Waals surface area contributed by atoms with Crippen molar-refractivity contribution in [3.8, 4) is 0 Å². The predicted octanol–water partition coefficient (Wildman–Crippen LogP) is 3.53. The largest absolute Gasteiger partial charge is 0.479 e. The molecule has 3 N–H and O–H groups in total. The summed E-state index contributed by atoms with van der Waals surface area (Å²) in [5.74, 6) is -2.11. The molecule has 0 bridgehead atoms. The molecule has 1 saturated carbocycles. The first kappa shape index (κ1) is 19.3. The van der Waals surface area contributed by atoms with Gasteiger partial charge in [0, 0.05) is 12.8 Å². The normalized spacial score (nSPS) is 18.8. The van der Waals surface area contributed by atoms with E-state index >= 15 is 0 Å². The summed E-state index contributed by atoms with van der Waals surface area (Å²) >= 11 is 1.31. The maximum absolute atomic E-state index is 12.0. The summed E-state index contributed by atoms with van der Waals surface area (Å²) in [6.07, 6.45) is 6.73. The van der Waals surface area contributed by atoms with E-state index in [1.54, 1.807) is 0 Å². The van der Waals surface area contributed by atoms with Gasteiger partial charge in [-0.05, 0) is 19.8 Å². The molecule has 1 aliphatic carbocycles. The number of carbonyl (C=O) groups is 1. The Morgan fingerprint density at radius 3 is 2.32 bits per heavy atom. The van der Waals surface area contributed by atoms with E-state index in [9.17, 15) is 9.90 Å². The van der Waals surface area contributed by atoms with Gasteiger partial charge in [-0.25, -0.2) is 4.79 Å². The van der Waals surface area contributed by atoms with Gasteiger partial charge in [-0.15, -0.1) is 10.2 Å². The smallest absolute Gasteiger partial charge is 0.367 e. The lowest BCUT2D eigenvalue weighted by Crippen LogP contribution is -2.46. The van der Waals surface area contributed by atoms with Gasteiger partial charge in [0.2, 0.25) is 10.8 Å². The molecular formula is C16H26N4O4S. The van der Waals surface area contributed by atoms with Crippen molar-refractivity contribution in [1.29, 1.82) is 0 Å². The Hall–Kier alpha value is -2.03. The van der Waals surface area contributed by atoms with Crippen molar-refractivity contribution < 1.29 is 19.4 Å². The number of carbonyl (C=O) groups excluding carboxylic acids is 1. The Labute approximate surface area is 151 Å². The summed E-state index contributed by atoms with van der Waals surface area (Å²) in [6, 6.07) is 0. The molecule has 2 heterocycles. The summed E-state index contributed by atoms with van der Waals surface area (Å²) in [4.78, 5) is 12.0. The van der Waals surface area contributed by atoms with Crippen LogP contribution in [-0.2, 0) is 14.3 Å². The van der Waals surface area contributed by atoms with E-state index in [1.807, 2.05) is 6.92 Å². The number of aryl methyl sites for hydroxylation is 1. The van der Waals surface area contributed by atoms with Gasteiger partial charge in [0.1, 0.15) is 5.01 Å². The number of nitrogens with zero attached hydrogens (tertiary/aromatic N) is 2. The SMILES string of the molecule is CCCC.Cc1nnc(NNC2=C(O)OC3(CCCCC3)OC2=O)s1. The van der Waals surface area contributed by atoms with E-state index in [-0.39, 0.29) is 5.70 Å². The zero-order chi connectivity index (χ0) is 18.3. The third-order valence-electron chi connectivity index (χ3n) is 3.92. The number of hydrogen-bond donors (Lipinski definition) is 3. The number of aliphatic hydroxyl groups is 1. The van der Waals surface area contributed by atoms with Gasteiger partial charge >= 0.3 is 11.9 Å². The number of esters is 1. The molecule has 140 valence electrons. The van der Waals surface area contributed by atoms with Gasteiger partial charge < -0.3 is 14.6 Å². The minimum Gasteiger partial charge on any atom is -0.479 e. The zero-order valence-electron chi connectivity index (χ0n) is 14.9. The molecule has 0 aromatic carbocycles. The van der Waals surface area contributed by atoms with Crippen LogP contribution in [0.2, 0.25) is 0 Å². The summed E-state index contributed by atoms with van der Waals surface area (Å²) < 4.78 is 10.8. The van der Waals surface area contributed by atoms with Crippen LogP contribution in [0.4, 0.5) is 5.13 Å². The van der Waals surface area contributed by atoms with E-state index in [1.165, 1.54) is 24.2 Å². The fraction of sp³-hybridized carbons (Fsp3) is 0.688. The van der Waals surface area contributed by atoms with Crippen LogP contribution >= 0.6 is 11.3 Å². The lowest BCUT2D eigenvalue weighted by atomic mass is 9.93. The molecule has 0 amide bonds. The molecule has 25 heavy (non-hydrogen) atoms. The molecule has 0 atom stereocenters. The number of hydrogen-bond acceptors (Lipinski definition) is 9. The van der Waals surface area contributed by atoms with Crippen LogP contribution in [0.1, 0.15) is 63.8 Å². The van der Waals surface area contributed by atoms with Crippen LogP contribution in [0.15, 0.2) is 11.6 Å². The van der Waals surface area contributed by atoms with Crippen LogP contribution in [0.25, 0.3) is 0 Å². The number of aliphatic hydroxyl groups excluding tert-OH is 1. The first-order chi connectivity index (χ1) is 12.0. The molecule has 1 aromatic rings. The molecule has 3 rings (SSSR count). The molecule has 8 nitrogen and oxygen atoms in total. The van der Waals surface area contributed by atoms with Gasteiger partial charge in [-0.3, -0.25) is 10.9 Å². The molecule has 2 aliphatic rings. The molecule has 1 spiro atoms. The lowest BCUT2D eigenvalue weighted by molar-refractivity contribution is -0.250. The molecule has 9 heteroatoms. The molecule has 1 aliphatic heterocycles. The monoisotopic (exact) mass is 370 g/mol. The number of aromatic nitrogens is 2. The van der Waals surface area contributed by atoms with E-state index in [2.05, 4.69) is 34.9 Å². The summed E-state index contributed by atoms with van der Waals surface area (Å²) in [6.45, 7) is 6.17. The Morgan fingerprint density at radius 2 is 1.80 bits per heavy atom. The maximum Gasteiger partial charge on any atom is 0.367 e. The molecular weight excluding hydrogens is 344 g/mol. The minimum absolute atomic E-state index is 0.168. The van der Waals surface area contributed by atoms with E-state index in [0.29, 0.717) is 18.0 Å². The summed E-state index contributed by atoms with van der Waals surface area (Å²) in [5, 5.41) is 18.9. The molecule has 1 aromatic heterocycles. The highest BCUT2D eigenvalue weighted by Crippen LogP contribution is 2.37. The summed E-state index contributed by atoms with van der Waals surface area (Å²) in [5.41, 5.74) is 5.08. The number of rotatable bonds is 4. The fourth-order valence-electron chi connectivity index (χ4n) is 2.42. The van der Waals surface area contributed by atoms with E-state index < -0.39 is 17.7 Å². The van der Waals surface area contributed by atoms with Crippen molar-refractivity contribution in [2.75, 3.05) is 5.43 Å². The second-order valence-corrected chi connectivity index (χ2v) is 7.20. The quantitative estimate of drug-likeness (QED) is 0.546. The average molecular weight is 370 g/mol. The van der Waals surface area contributed by atoms with Crippen molar-refractivity contribution in [3.63, 3.8) is 0 Å². The average Bonchev–Trinajstić information content (AvgIpc) is 3.00. The number of anilines is 1. The predicted molar refractivity (Wildman–Crippen MR) is 94.6 cm³/mol. The minimum atomic E-state index is -1.01. The third kappa shape index (κ3) is 5.22. The van der Waals surface area contributed by atoms with Gasteiger partial charge in [-0.2, -0.15) is 0 Å². The highest BCUT2D eigenvalue weighted by Gasteiger charge is 2.45. The van der Waals surface area contributed by atoms with Crippen molar-refractivity contribution >= 4 is 22.4 Å². The topological polar surface area (TPSA) is 106 Å². The Kier molecular flexibility index (Phi) is 6.86. The maximum atomic E-state index is 12.0. The number of hydrazine groups is 1. The Balaban J connectivity index is 0.000000511. The van der Waals surface area contributed by atoms with E-state index in [0.717, 1.165) is 24.3 Å². The van der Waals surface area contributed by atoms with Gasteiger partial charge in [-0.1, -0.05) is 44.4 Å². The highest BCUT2D eigenvalue weighted by atomic mass is 32.1. The lowest BCUT2D eigenvalue weighted by Gasteiger charge is -2.38. The third-order valence-corrected chi connectivity index (χ3v) is 4.67. The van der Waals surface area contributed by atoms with Crippen molar-refractivity contribution in [1.82, 2.24) is 15.6 Å². The van der Waals surface area contributed by atoms with Crippen molar-refractivity contribution in [2.45, 2.75) is 71.5 Å². The standard InChI is InChI=1S/C12H16N4O4S.C4H10/c1-7-13-15-11(21-7)16-14-8-9(17)19-12(20-10(8)18)5-3-2-4-6-12;1-3-4-2/h14,17H,2-6H2,1H3,(H,15,16);3-4H2,1-2H3. The van der Waals surface area contributed by atoms with Gasteiger partial charge in [0.15, 0.2) is 0 Å². The van der Waals surface area contributed by atoms with Gasteiger partial charge in [0.05, 0.1) is 0 Å². The van der Waals surface area contributed by atoms with Crippen molar-refractivity contribution in [2.24, 2.45) is 0 Å². The summed E-state index contributed by atoms with van der Waals surface area (Å²) in [7, 11) is 0.